The number of anilines is 1. The number of carbonyl (C=O) groups excluding carboxylic acids is 1. The minimum atomic E-state index is -0.513. The Labute approximate surface area is 141 Å². The van der Waals surface area contributed by atoms with Crippen LogP contribution < -0.4 is 11.1 Å². The molecule has 0 unspecified atom stereocenters. The van der Waals surface area contributed by atoms with Crippen molar-refractivity contribution in [3.8, 4) is 0 Å². The Bertz CT molecular complexity index is 903. The molecule has 0 fully saturated rings. The molecule has 3 rings (SSSR count). The Hall–Kier alpha value is -2.18. The molecule has 1 heterocycles. The van der Waals surface area contributed by atoms with Crippen molar-refractivity contribution < 1.29 is 9.21 Å². The average Bonchev–Trinajstić information content (AvgIpc) is 2.86. The summed E-state index contributed by atoms with van der Waals surface area (Å²) >= 11 is 7.42. The lowest BCUT2D eigenvalue weighted by Gasteiger charge is -2.05. The SMILES string of the molecule is O=C(CSCc1cccc(Cl)c1)Nc1ccc2oc(=O)[nH]c2c1. The summed E-state index contributed by atoms with van der Waals surface area (Å²) in [6, 6.07) is 12.6. The number of aromatic nitrogens is 1. The predicted molar refractivity (Wildman–Crippen MR) is 93.1 cm³/mol. The monoisotopic (exact) mass is 348 g/mol. The quantitative estimate of drug-likeness (QED) is 0.738. The van der Waals surface area contributed by atoms with Crippen molar-refractivity contribution in [2.75, 3.05) is 11.1 Å². The molecule has 0 aliphatic carbocycles. The third kappa shape index (κ3) is 4.18. The predicted octanol–water partition coefficient (Wildman–Crippen LogP) is 3.65. The van der Waals surface area contributed by atoms with Gasteiger partial charge in [0.05, 0.1) is 11.3 Å². The Morgan fingerprint density at radius 3 is 2.96 bits per heavy atom. The van der Waals surface area contributed by atoms with Crippen LogP contribution in [0.15, 0.2) is 51.7 Å². The van der Waals surface area contributed by atoms with Crippen LogP contribution in [0.2, 0.25) is 5.02 Å². The fourth-order valence-corrected chi connectivity index (χ4v) is 3.10. The van der Waals surface area contributed by atoms with Gasteiger partial charge in [-0.3, -0.25) is 9.78 Å². The topological polar surface area (TPSA) is 75.1 Å². The van der Waals surface area contributed by atoms with Crippen molar-refractivity contribution in [1.82, 2.24) is 4.98 Å². The maximum atomic E-state index is 12.0. The first kappa shape index (κ1) is 15.7. The molecule has 0 spiro atoms. The van der Waals surface area contributed by atoms with Gasteiger partial charge in [-0.25, -0.2) is 4.79 Å². The van der Waals surface area contributed by atoms with Gasteiger partial charge in [-0.1, -0.05) is 23.7 Å². The first-order valence-electron chi connectivity index (χ1n) is 6.85. The summed E-state index contributed by atoms with van der Waals surface area (Å²) in [5.74, 6) is 0.414. The fraction of sp³-hybridized carbons (Fsp3) is 0.125. The molecule has 2 aromatic carbocycles. The molecule has 2 N–H and O–H groups in total. The summed E-state index contributed by atoms with van der Waals surface area (Å²) < 4.78 is 4.91. The van der Waals surface area contributed by atoms with E-state index in [0.717, 1.165) is 5.56 Å². The van der Waals surface area contributed by atoms with Crippen LogP contribution in [-0.4, -0.2) is 16.6 Å². The number of hydrogen-bond acceptors (Lipinski definition) is 4. The molecular formula is C16H13ClN2O3S. The van der Waals surface area contributed by atoms with Crippen molar-refractivity contribution in [2.24, 2.45) is 0 Å². The van der Waals surface area contributed by atoms with Crippen LogP contribution in [0.3, 0.4) is 0 Å². The fourth-order valence-electron chi connectivity index (χ4n) is 2.12. The first-order chi connectivity index (χ1) is 11.1. The number of halogens is 1. The lowest BCUT2D eigenvalue weighted by atomic mass is 10.2. The number of hydrogen-bond donors (Lipinski definition) is 2. The number of rotatable bonds is 5. The molecule has 0 saturated carbocycles. The van der Waals surface area contributed by atoms with Crippen molar-refractivity contribution in [3.63, 3.8) is 0 Å². The largest absolute Gasteiger partial charge is 0.417 e. The van der Waals surface area contributed by atoms with Gasteiger partial charge < -0.3 is 9.73 Å². The Balaban J connectivity index is 1.54. The van der Waals surface area contributed by atoms with Crippen LogP contribution in [0.1, 0.15) is 5.56 Å². The van der Waals surface area contributed by atoms with E-state index in [2.05, 4.69) is 10.3 Å². The number of amides is 1. The second-order valence-corrected chi connectivity index (χ2v) is 6.32. The van der Waals surface area contributed by atoms with Gasteiger partial charge in [0.15, 0.2) is 5.58 Å². The highest BCUT2D eigenvalue weighted by molar-refractivity contribution is 7.99. The van der Waals surface area contributed by atoms with Gasteiger partial charge in [0.2, 0.25) is 5.91 Å². The Morgan fingerprint density at radius 1 is 1.26 bits per heavy atom. The molecular weight excluding hydrogens is 336 g/mol. The molecule has 5 nitrogen and oxygen atoms in total. The zero-order valence-corrected chi connectivity index (χ0v) is 13.5. The van der Waals surface area contributed by atoms with Crippen molar-refractivity contribution >= 4 is 46.1 Å². The van der Waals surface area contributed by atoms with Crippen LogP contribution in [-0.2, 0) is 10.5 Å². The number of oxazole rings is 1. The number of fused-ring (bicyclic) bond motifs is 1. The molecule has 0 radical (unpaired) electrons. The molecule has 1 amide bonds. The highest BCUT2D eigenvalue weighted by Gasteiger charge is 2.06. The lowest BCUT2D eigenvalue weighted by molar-refractivity contribution is -0.113. The number of carbonyl (C=O) groups is 1. The lowest BCUT2D eigenvalue weighted by Crippen LogP contribution is -2.14. The van der Waals surface area contributed by atoms with Gasteiger partial charge in [0.1, 0.15) is 0 Å². The van der Waals surface area contributed by atoms with E-state index in [-0.39, 0.29) is 5.91 Å². The third-order valence-corrected chi connectivity index (χ3v) is 4.33. The molecule has 118 valence electrons. The van der Waals surface area contributed by atoms with Gasteiger partial charge >= 0.3 is 5.76 Å². The molecule has 7 heteroatoms. The van der Waals surface area contributed by atoms with Gasteiger partial charge in [0, 0.05) is 16.5 Å². The van der Waals surface area contributed by atoms with Gasteiger partial charge in [-0.05, 0) is 35.9 Å². The summed E-state index contributed by atoms with van der Waals surface area (Å²) in [4.78, 5) is 25.6. The number of aromatic amines is 1. The van der Waals surface area contributed by atoms with E-state index in [4.69, 9.17) is 16.0 Å². The van der Waals surface area contributed by atoms with E-state index in [1.165, 1.54) is 11.8 Å². The van der Waals surface area contributed by atoms with E-state index >= 15 is 0 Å². The summed E-state index contributed by atoms with van der Waals surface area (Å²) in [5, 5.41) is 3.48. The number of H-pyrrole nitrogens is 1. The highest BCUT2D eigenvalue weighted by atomic mass is 35.5. The number of nitrogens with one attached hydrogen (secondary N) is 2. The molecule has 0 atom stereocenters. The van der Waals surface area contributed by atoms with Gasteiger partial charge in [-0.15, -0.1) is 11.8 Å². The molecule has 0 aliphatic heterocycles. The molecule has 23 heavy (non-hydrogen) atoms. The molecule has 0 bridgehead atoms. The zero-order chi connectivity index (χ0) is 16.2. The molecule has 3 aromatic rings. The van der Waals surface area contributed by atoms with Crippen molar-refractivity contribution in [2.45, 2.75) is 5.75 Å². The summed E-state index contributed by atoms with van der Waals surface area (Å²) in [6.45, 7) is 0. The minimum absolute atomic E-state index is 0.109. The smallest absolute Gasteiger partial charge is 0.408 e. The maximum Gasteiger partial charge on any atom is 0.417 e. The average molecular weight is 349 g/mol. The normalized spacial score (nSPS) is 10.8. The summed E-state index contributed by atoms with van der Waals surface area (Å²) in [6.07, 6.45) is 0. The highest BCUT2D eigenvalue weighted by Crippen LogP contribution is 2.18. The van der Waals surface area contributed by atoms with Crippen LogP contribution in [0.5, 0.6) is 0 Å². The molecule has 0 aliphatic rings. The minimum Gasteiger partial charge on any atom is -0.408 e. The second kappa shape index (κ2) is 6.93. The standard InChI is InChI=1S/C16H13ClN2O3S/c17-11-3-1-2-10(6-11)8-23-9-15(20)18-12-4-5-14-13(7-12)19-16(21)22-14/h1-7H,8-9H2,(H,18,20)(H,19,21). The van der Waals surface area contributed by atoms with Crippen molar-refractivity contribution in [3.05, 3.63) is 63.6 Å². The Morgan fingerprint density at radius 2 is 2.13 bits per heavy atom. The van der Waals surface area contributed by atoms with Crippen molar-refractivity contribution in [1.29, 1.82) is 0 Å². The zero-order valence-electron chi connectivity index (χ0n) is 12.0. The van der Waals surface area contributed by atoms with E-state index in [1.54, 1.807) is 18.2 Å². The Kier molecular flexibility index (Phi) is 4.73. The molecule has 0 saturated heterocycles. The van der Waals surface area contributed by atoms with E-state index < -0.39 is 5.76 Å². The maximum absolute atomic E-state index is 12.0. The summed E-state index contributed by atoms with van der Waals surface area (Å²) in [5.41, 5.74) is 2.71. The van der Waals surface area contributed by atoms with Crippen LogP contribution >= 0.6 is 23.4 Å². The van der Waals surface area contributed by atoms with E-state index in [9.17, 15) is 9.59 Å². The van der Waals surface area contributed by atoms with Crippen LogP contribution in [0.4, 0.5) is 5.69 Å². The summed E-state index contributed by atoms with van der Waals surface area (Å²) in [7, 11) is 0. The first-order valence-corrected chi connectivity index (χ1v) is 8.38. The van der Waals surface area contributed by atoms with Gasteiger partial charge in [0.25, 0.3) is 0 Å². The van der Waals surface area contributed by atoms with Crippen LogP contribution in [0, 0.1) is 0 Å². The van der Waals surface area contributed by atoms with Crippen LogP contribution in [0.25, 0.3) is 11.1 Å². The van der Waals surface area contributed by atoms with Gasteiger partial charge in [-0.2, -0.15) is 0 Å². The molecule has 1 aromatic heterocycles. The second-order valence-electron chi connectivity index (χ2n) is 4.90. The third-order valence-electron chi connectivity index (χ3n) is 3.09. The number of thioether (sulfide) groups is 1. The van der Waals surface area contributed by atoms with E-state index in [0.29, 0.717) is 33.3 Å². The number of benzene rings is 2. The van der Waals surface area contributed by atoms with E-state index in [1.807, 2.05) is 24.3 Å².